The molecule has 0 unspecified atom stereocenters. The molecule has 1 saturated heterocycles. The minimum absolute atomic E-state index is 0.722. The van der Waals surface area contributed by atoms with E-state index in [1.54, 1.807) is 0 Å². The first-order valence-electron chi connectivity index (χ1n) is 7.43. The van der Waals surface area contributed by atoms with Gasteiger partial charge in [0.1, 0.15) is 5.84 Å². The number of hydrogen-bond donors (Lipinski definition) is 1. The highest BCUT2D eigenvalue weighted by Crippen LogP contribution is 2.25. The number of aliphatic imine (C=N–C) groups is 1. The molecule has 2 heterocycles. The first-order valence-corrected chi connectivity index (χ1v) is 7.81. The smallest absolute Gasteiger partial charge is 0.101 e. The summed E-state index contributed by atoms with van der Waals surface area (Å²) in [5.41, 5.74) is 2.73. The van der Waals surface area contributed by atoms with E-state index in [2.05, 4.69) is 22.4 Å². The molecule has 1 N–H and O–H groups in total. The van der Waals surface area contributed by atoms with Crippen LogP contribution in [-0.2, 0) is 17.6 Å². The fourth-order valence-electron chi connectivity index (χ4n) is 2.96. The summed E-state index contributed by atoms with van der Waals surface area (Å²) in [5.74, 6) is 1.83. The van der Waals surface area contributed by atoms with E-state index in [4.69, 9.17) is 16.3 Å². The Morgan fingerprint density at radius 3 is 2.85 bits per heavy atom. The number of nitrogens with zero attached hydrogens (tertiary/aromatic N) is 1. The summed E-state index contributed by atoms with van der Waals surface area (Å²) in [7, 11) is 0. The Kier molecular flexibility index (Phi) is 4.58. The van der Waals surface area contributed by atoms with Crippen molar-refractivity contribution >= 4 is 17.4 Å². The molecule has 0 aromatic heterocycles. The van der Waals surface area contributed by atoms with Gasteiger partial charge in [-0.25, -0.2) is 0 Å². The van der Waals surface area contributed by atoms with E-state index >= 15 is 0 Å². The summed E-state index contributed by atoms with van der Waals surface area (Å²) in [4.78, 5) is 4.49. The Bertz CT molecular complexity index is 495. The van der Waals surface area contributed by atoms with Crippen molar-refractivity contribution in [1.82, 2.24) is 5.32 Å². The third kappa shape index (κ3) is 3.53. The molecule has 4 heteroatoms. The van der Waals surface area contributed by atoms with Crippen molar-refractivity contribution in [2.75, 3.05) is 26.3 Å². The molecular weight excluding hydrogens is 272 g/mol. The molecule has 2 aliphatic rings. The van der Waals surface area contributed by atoms with Crippen LogP contribution in [0.4, 0.5) is 0 Å². The average molecular weight is 293 g/mol. The van der Waals surface area contributed by atoms with Crippen LogP contribution < -0.4 is 5.32 Å². The monoisotopic (exact) mass is 292 g/mol. The summed E-state index contributed by atoms with van der Waals surface area (Å²) in [5, 5.41) is 4.18. The van der Waals surface area contributed by atoms with Crippen molar-refractivity contribution in [2.45, 2.75) is 25.7 Å². The second kappa shape index (κ2) is 6.59. The number of ether oxygens (including phenoxy) is 1. The predicted octanol–water partition coefficient (Wildman–Crippen LogP) is 2.85. The Balaban J connectivity index is 1.74. The Morgan fingerprint density at radius 1 is 1.25 bits per heavy atom. The maximum absolute atomic E-state index is 6.18. The number of halogens is 1. The lowest BCUT2D eigenvalue weighted by atomic mass is 9.89. The van der Waals surface area contributed by atoms with Crippen LogP contribution in [0.1, 0.15) is 24.0 Å². The molecule has 1 aromatic carbocycles. The number of nitrogens with one attached hydrogen (secondary N) is 1. The van der Waals surface area contributed by atoms with E-state index in [-0.39, 0.29) is 0 Å². The maximum atomic E-state index is 6.18. The summed E-state index contributed by atoms with van der Waals surface area (Å²) >= 11 is 6.18. The van der Waals surface area contributed by atoms with Crippen LogP contribution in [0.15, 0.2) is 23.2 Å². The second-order valence-electron chi connectivity index (χ2n) is 5.60. The van der Waals surface area contributed by atoms with Gasteiger partial charge in [-0.15, -0.1) is 0 Å². The molecule has 0 bridgehead atoms. The van der Waals surface area contributed by atoms with Gasteiger partial charge in [0, 0.05) is 31.2 Å². The normalized spacial score (nSPS) is 19.8. The van der Waals surface area contributed by atoms with Crippen molar-refractivity contribution in [1.29, 1.82) is 0 Å². The molecule has 0 saturated carbocycles. The molecule has 0 aliphatic carbocycles. The Labute approximate surface area is 125 Å². The van der Waals surface area contributed by atoms with Gasteiger partial charge in [0.05, 0.1) is 6.54 Å². The summed E-state index contributed by atoms with van der Waals surface area (Å²) in [6.07, 6.45) is 4.32. The van der Waals surface area contributed by atoms with E-state index in [0.29, 0.717) is 0 Å². The highest BCUT2D eigenvalue weighted by atomic mass is 35.5. The van der Waals surface area contributed by atoms with Crippen molar-refractivity contribution in [2.24, 2.45) is 10.9 Å². The third-order valence-electron chi connectivity index (χ3n) is 4.12. The van der Waals surface area contributed by atoms with Crippen LogP contribution >= 0.6 is 11.6 Å². The maximum Gasteiger partial charge on any atom is 0.101 e. The molecule has 3 nitrogen and oxygen atoms in total. The summed E-state index contributed by atoms with van der Waals surface area (Å²) in [6.45, 7) is 3.67. The first kappa shape index (κ1) is 13.9. The third-order valence-corrected chi connectivity index (χ3v) is 4.35. The molecule has 3 rings (SSSR count). The van der Waals surface area contributed by atoms with Gasteiger partial charge < -0.3 is 10.1 Å². The predicted molar refractivity (Wildman–Crippen MR) is 82.7 cm³/mol. The van der Waals surface area contributed by atoms with E-state index in [9.17, 15) is 0 Å². The summed E-state index contributed by atoms with van der Waals surface area (Å²) in [6, 6.07) is 6.27. The molecule has 108 valence electrons. The number of hydrogen-bond acceptors (Lipinski definition) is 3. The quantitative estimate of drug-likeness (QED) is 0.926. The minimum Gasteiger partial charge on any atom is -0.381 e. The highest BCUT2D eigenvalue weighted by molar-refractivity contribution is 6.30. The zero-order valence-electron chi connectivity index (χ0n) is 11.7. The first-order chi connectivity index (χ1) is 9.81. The van der Waals surface area contributed by atoms with E-state index in [1.165, 1.54) is 11.1 Å². The number of rotatable bonds is 4. The fourth-order valence-corrected chi connectivity index (χ4v) is 3.16. The van der Waals surface area contributed by atoms with Gasteiger partial charge in [-0.05, 0) is 48.4 Å². The molecule has 1 fully saturated rings. The lowest BCUT2D eigenvalue weighted by Gasteiger charge is -2.23. The standard InChI is InChI=1S/C16H21ClN2O/c17-15-2-1-13(11-16-18-5-6-19-16)14(10-15)9-12-3-7-20-8-4-12/h1-2,10,12H,3-9,11H2,(H,18,19). The fraction of sp³-hybridized carbons (Fsp3) is 0.562. The topological polar surface area (TPSA) is 33.6 Å². The largest absolute Gasteiger partial charge is 0.381 e. The lowest BCUT2D eigenvalue weighted by Crippen LogP contribution is -2.22. The molecule has 0 atom stereocenters. The lowest BCUT2D eigenvalue weighted by molar-refractivity contribution is 0.0665. The van der Waals surface area contributed by atoms with E-state index in [1.807, 2.05) is 6.07 Å². The molecular formula is C16H21ClN2O. The van der Waals surface area contributed by atoms with Gasteiger partial charge in [-0.2, -0.15) is 0 Å². The summed E-state index contributed by atoms with van der Waals surface area (Å²) < 4.78 is 5.44. The average Bonchev–Trinajstić information content (AvgIpc) is 2.96. The molecule has 0 radical (unpaired) electrons. The number of benzene rings is 1. The minimum atomic E-state index is 0.722. The van der Waals surface area contributed by atoms with Gasteiger partial charge in [0.2, 0.25) is 0 Å². The van der Waals surface area contributed by atoms with Gasteiger partial charge in [-0.3, -0.25) is 4.99 Å². The molecule has 1 aromatic rings. The van der Waals surface area contributed by atoms with E-state index in [0.717, 1.165) is 68.8 Å². The van der Waals surface area contributed by atoms with Crippen LogP contribution in [0.5, 0.6) is 0 Å². The zero-order valence-corrected chi connectivity index (χ0v) is 12.5. The van der Waals surface area contributed by atoms with Gasteiger partial charge in [-0.1, -0.05) is 17.7 Å². The molecule has 20 heavy (non-hydrogen) atoms. The van der Waals surface area contributed by atoms with Crippen LogP contribution in [0, 0.1) is 5.92 Å². The van der Waals surface area contributed by atoms with Crippen molar-refractivity contribution in [3.05, 3.63) is 34.3 Å². The van der Waals surface area contributed by atoms with E-state index < -0.39 is 0 Å². The van der Waals surface area contributed by atoms with Gasteiger partial charge >= 0.3 is 0 Å². The van der Waals surface area contributed by atoms with Crippen molar-refractivity contribution in [3.8, 4) is 0 Å². The van der Waals surface area contributed by atoms with Crippen LogP contribution in [0.2, 0.25) is 5.02 Å². The van der Waals surface area contributed by atoms with Crippen molar-refractivity contribution < 1.29 is 4.74 Å². The zero-order chi connectivity index (χ0) is 13.8. The Hall–Kier alpha value is -1.06. The van der Waals surface area contributed by atoms with Gasteiger partial charge in [0.25, 0.3) is 0 Å². The van der Waals surface area contributed by atoms with Gasteiger partial charge in [0.15, 0.2) is 0 Å². The number of amidine groups is 1. The van der Waals surface area contributed by atoms with Crippen LogP contribution in [-0.4, -0.2) is 32.1 Å². The second-order valence-corrected chi connectivity index (χ2v) is 6.04. The molecule has 0 amide bonds. The van der Waals surface area contributed by atoms with Crippen LogP contribution in [0.25, 0.3) is 0 Å². The molecule has 0 spiro atoms. The molecule has 2 aliphatic heterocycles. The highest BCUT2D eigenvalue weighted by Gasteiger charge is 2.17. The Morgan fingerprint density at radius 2 is 2.10 bits per heavy atom. The van der Waals surface area contributed by atoms with Crippen LogP contribution in [0.3, 0.4) is 0 Å². The SMILES string of the molecule is Clc1ccc(CC2=NCCN2)c(CC2CCOCC2)c1. The van der Waals surface area contributed by atoms with Crippen molar-refractivity contribution in [3.63, 3.8) is 0 Å².